The number of ether oxygens (including phenoxy) is 1. The Morgan fingerprint density at radius 1 is 1.21 bits per heavy atom. The van der Waals surface area contributed by atoms with E-state index in [2.05, 4.69) is 10.3 Å². The molecule has 102 valence electrons. The van der Waals surface area contributed by atoms with Crippen LogP contribution < -0.4 is 10.1 Å². The van der Waals surface area contributed by atoms with Gasteiger partial charge >= 0.3 is 0 Å². The molecule has 0 bridgehead atoms. The van der Waals surface area contributed by atoms with Crippen molar-refractivity contribution in [2.45, 2.75) is 18.9 Å². The van der Waals surface area contributed by atoms with Gasteiger partial charge in [0.2, 0.25) is 0 Å². The zero-order valence-electron chi connectivity index (χ0n) is 10.4. The first-order valence-electron chi connectivity index (χ1n) is 6.25. The molecule has 3 rings (SSSR count). The molecule has 1 aromatic heterocycles. The van der Waals surface area contributed by atoms with Crippen LogP contribution in [-0.4, -0.2) is 24.2 Å². The van der Waals surface area contributed by atoms with E-state index in [9.17, 15) is 0 Å². The highest BCUT2D eigenvalue weighted by Crippen LogP contribution is 2.29. The molecule has 2 aromatic rings. The van der Waals surface area contributed by atoms with E-state index in [0.717, 1.165) is 42.6 Å². The summed E-state index contributed by atoms with van der Waals surface area (Å²) in [5.41, 5.74) is 0.883. The van der Waals surface area contributed by atoms with Crippen LogP contribution in [0.2, 0.25) is 5.15 Å². The maximum absolute atomic E-state index is 6.08. The van der Waals surface area contributed by atoms with E-state index >= 15 is 0 Å². The molecule has 2 heterocycles. The molecular formula is C14H16Cl2N2O. The lowest BCUT2D eigenvalue weighted by molar-refractivity contribution is 0.164. The van der Waals surface area contributed by atoms with Gasteiger partial charge in [0.05, 0.1) is 5.52 Å². The normalized spacial score (nSPS) is 16.1. The summed E-state index contributed by atoms with van der Waals surface area (Å²) in [6, 6.07) is 9.74. The minimum atomic E-state index is 0. The zero-order chi connectivity index (χ0) is 12.4. The molecule has 5 heteroatoms. The summed E-state index contributed by atoms with van der Waals surface area (Å²) in [6.45, 7) is 2.03. The SMILES string of the molecule is Cl.Clc1cc(OC2CCNCC2)c2ccccc2n1. The van der Waals surface area contributed by atoms with Gasteiger partial charge in [-0.2, -0.15) is 0 Å². The van der Waals surface area contributed by atoms with Crippen molar-refractivity contribution in [2.24, 2.45) is 0 Å². The maximum atomic E-state index is 6.08. The van der Waals surface area contributed by atoms with Crippen molar-refractivity contribution in [2.75, 3.05) is 13.1 Å². The van der Waals surface area contributed by atoms with Crippen LogP contribution in [0, 0.1) is 0 Å². The average Bonchev–Trinajstić information content (AvgIpc) is 2.40. The molecule has 19 heavy (non-hydrogen) atoms. The monoisotopic (exact) mass is 298 g/mol. The summed E-state index contributed by atoms with van der Waals surface area (Å²) in [7, 11) is 0. The predicted octanol–water partition coefficient (Wildman–Crippen LogP) is 3.44. The Balaban J connectivity index is 0.00000133. The molecule has 0 atom stereocenters. The van der Waals surface area contributed by atoms with E-state index in [1.165, 1.54) is 0 Å². The van der Waals surface area contributed by atoms with Gasteiger partial charge in [0.25, 0.3) is 0 Å². The Kier molecular flexibility index (Phi) is 4.86. The molecule has 0 saturated carbocycles. The zero-order valence-corrected chi connectivity index (χ0v) is 12.0. The number of halogens is 2. The number of benzene rings is 1. The maximum Gasteiger partial charge on any atom is 0.133 e. The van der Waals surface area contributed by atoms with Gasteiger partial charge in [0.15, 0.2) is 0 Å². The number of piperidine rings is 1. The number of rotatable bonds is 2. The second kappa shape index (κ2) is 6.42. The molecule has 0 spiro atoms. The summed E-state index contributed by atoms with van der Waals surface area (Å²) in [5.74, 6) is 0.845. The van der Waals surface area contributed by atoms with Gasteiger partial charge in [0.1, 0.15) is 17.0 Å². The molecule has 0 amide bonds. The smallest absolute Gasteiger partial charge is 0.133 e. The van der Waals surface area contributed by atoms with Crippen LogP contribution in [0.3, 0.4) is 0 Å². The molecule has 3 nitrogen and oxygen atoms in total. The van der Waals surface area contributed by atoms with Crippen molar-refractivity contribution in [1.29, 1.82) is 0 Å². The number of pyridine rings is 1. The van der Waals surface area contributed by atoms with E-state index in [0.29, 0.717) is 5.15 Å². The molecule has 1 fully saturated rings. The topological polar surface area (TPSA) is 34.1 Å². The average molecular weight is 299 g/mol. The molecule has 1 aliphatic rings. The summed E-state index contributed by atoms with van der Waals surface area (Å²) in [4.78, 5) is 4.30. The lowest BCUT2D eigenvalue weighted by atomic mass is 10.1. The molecule has 1 saturated heterocycles. The largest absolute Gasteiger partial charge is 0.490 e. The van der Waals surface area contributed by atoms with Crippen LogP contribution in [0.1, 0.15) is 12.8 Å². The minimum absolute atomic E-state index is 0. The number of hydrogen-bond acceptors (Lipinski definition) is 3. The molecular weight excluding hydrogens is 283 g/mol. The van der Waals surface area contributed by atoms with Crippen molar-refractivity contribution in [1.82, 2.24) is 10.3 Å². The van der Waals surface area contributed by atoms with Crippen LogP contribution in [0.5, 0.6) is 5.75 Å². The summed E-state index contributed by atoms with van der Waals surface area (Å²) in [5, 5.41) is 4.84. The third-order valence-corrected chi connectivity index (χ3v) is 3.42. The number of nitrogens with zero attached hydrogens (tertiary/aromatic N) is 1. The highest BCUT2D eigenvalue weighted by molar-refractivity contribution is 6.30. The number of aromatic nitrogens is 1. The van der Waals surface area contributed by atoms with Gasteiger partial charge in [0, 0.05) is 11.5 Å². The third-order valence-electron chi connectivity index (χ3n) is 3.23. The highest BCUT2D eigenvalue weighted by atomic mass is 35.5. The van der Waals surface area contributed by atoms with Gasteiger partial charge in [-0.05, 0) is 38.1 Å². The van der Waals surface area contributed by atoms with Crippen molar-refractivity contribution < 1.29 is 4.74 Å². The van der Waals surface area contributed by atoms with Crippen molar-refractivity contribution in [3.63, 3.8) is 0 Å². The molecule has 0 aliphatic carbocycles. The van der Waals surface area contributed by atoms with Crippen LogP contribution in [0.4, 0.5) is 0 Å². The Bertz CT molecular complexity index is 556. The molecule has 1 aromatic carbocycles. The molecule has 0 radical (unpaired) electrons. The lowest BCUT2D eigenvalue weighted by Gasteiger charge is -2.24. The fourth-order valence-corrected chi connectivity index (χ4v) is 2.49. The predicted molar refractivity (Wildman–Crippen MR) is 80.5 cm³/mol. The standard InChI is InChI=1S/C14H15ClN2O.ClH/c15-14-9-13(18-10-5-7-16-8-6-10)11-3-1-2-4-12(11)17-14;/h1-4,9-10,16H,5-8H2;1H. The fraction of sp³-hybridized carbons (Fsp3) is 0.357. The van der Waals surface area contributed by atoms with Gasteiger partial charge < -0.3 is 10.1 Å². The van der Waals surface area contributed by atoms with Crippen LogP contribution >= 0.6 is 24.0 Å². The van der Waals surface area contributed by atoms with Crippen LogP contribution in [0.25, 0.3) is 10.9 Å². The van der Waals surface area contributed by atoms with Crippen molar-refractivity contribution >= 4 is 34.9 Å². The van der Waals surface area contributed by atoms with E-state index in [4.69, 9.17) is 16.3 Å². The second-order valence-corrected chi connectivity index (χ2v) is 4.91. The van der Waals surface area contributed by atoms with E-state index in [-0.39, 0.29) is 18.5 Å². The van der Waals surface area contributed by atoms with Crippen molar-refractivity contribution in [3.05, 3.63) is 35.5 Å². The Labute approximate surface area is 123 Å². The number of hydrogen-bond donors (Lipinski definition) is 1. The first-order valence-corrected chi connectivity index (χ1v) is 6.63. The first kappa shape index (κ1) is 14.4. The number of fused-ring (bicyclic) bond motifs is 1. The van der Waals surface area contributed by atoms with Crippen LogP contribution in [0.15, 0.2) is 30.3 Å². The quantitative estimate of drug-likeness (QED) is 0.863. The summed E-state index contributed by atoms with van der Waals surface area (Å²) < 4.78 is 6.08. The second-order valence-electron chi connectivity index (χ2n) is 4.53. The van der Waals surface area contributed by atoms with E-state index in [1.807, 2.05) is 30.3 Å². The van der Waals surface area contributed by atoms with Gasteiger partial charge in [-0.3, -0.25) is 0 Å². The highest BCUT2D eigenvalue weighted by Gasteiger charge is 2.16. The van der Waals surface area contributed by atoms with Crippen molar-refractivity contribution in [3.8, 4) is 5.75 Å². The van der Waals surface area contributed by atoms with Crippen LogP contribution in [-0.2, 0) is 0 Å². The summed E-state index contributed by atoms with van der Waals surface area (Å²) in [6.07, 6.45) is 2.34. The Morgan fingerprint density at radius 2 is 1.95 bits per heavy atom. The van der Waals surface area contributed by atoms with Gasteiger partial charge in [-0.1, -0.05) is 23.7 Å². The summed E-state index contributed by atoms with van der Waals surface area (Å²) >= 11 is 6.04. The number of nitrogens with one attached hydrogen (secondary N) is 1. The fourth-order valence-electron chi connectivity index (χ4n) is 2.30. The van der Waals surface area contributed by atoms with Gasteiger partial charge in [-0.15, -0.1) is 12.4 Å². The Morgan fingerprint density at radius 3 is 2.74 bits per heavy atom. The number of para-hydroxylation sites is 1. The third kappa shape index (κ3) is 3.30. The van der Waals surface area contributed by atoms with E-state index in [1.54, 1.807) is 0 Å². The molecule has 0 unspecified atom stereocenters. The Hall–Kier alpha value is -1.03. The van der Waals surface area contributed by atoms with Gasteiger partial charge in [-0.25, -0.2) is 4.98 Å². The molecule has 1 N–H and O–H groups in total. The molecule has 1 aliphatic heterocycles. The minimum Gasteiger partial charge on any atom is -0.490 e. The van der Waals surface area contributed by atoms with E-state index < -0.39 is 0 Å². The first-order chi connectivity index (χ1) is 8.83. The lowest BCUT2D eigenvalue weighted by Crippen LogP contribution is -2.34.